The van der Waals surface area contributed by atoms with Crippen LogP contribution in [0.25, 0.3) is 5.69 Å². The Kier molecular flexibility index (Phi) is 7.49. The second-order valence-corrected chi connectivity index (χ2v) is 8.88. The van der Waals surface area contributed by atoms with E-state index >= 15 is 0 Å². The molecule has 0 unspecified atom stereocenters. The highest BCUT2D eigenvalue weighted by atomic mass is 16.5. The minimum atomic E-state index is -0.630. The van der Waals surface area contributed by atoms with Crippen LogP contribution in [0.3, 0.4) is 0 Å². The van der Waals surface area contributed by atoms with Gasteiger partial charge in [0.05, 0.1) is 48.5 Å². The van der Waals surface area contributed by atoms with Gasteiger partial charge >= 0.3 is 11.9 Å². The van der Waals surface area contributed by atoms with E-state index in [1.807, 2.05) is 23.7 Å². The molecule has 1 aliphatic rings. The quantitative estimate of drug-likeness (QED) is 0.506. The number of carbonyl (C=O) groups is 3. The van der Waals surface area contributed by atoms with E-state index in [0.717, 1.165) is 42.9 Å². The van der Waals surface area contributed by atoms with Gasteiger partial charge in [-0.3, -0.25) is 4.79 Å². The first-order chi connectivity index (χ1) is 17.3. The van der Waals surface area contributed by atoms with Crippen LogP contribution < -0.4 is 10.6 Å². The molecule has 1 aromatic heterocycles. The van der Waals surface area contributed by atoms with Gasteiger partial charge < -0.3 is 20.1 Å². The molecule has 0 radical (unpaired) electrons. The molecule has 1 amide bonds. The van der Waals surface area contributed by atoms with Crippen LogP contribution in [-0.2, 0) is 9.47 Å². The first-order valence-electron chi connectivity index (χ1n) is 11.8. The zero-order chi connectivity index (χ0) is 25.8. The summed E-state index contributed by atoms with van der Waals surface area (Å²) < 4.78 is 11.4. The zero-order valence-electron chi connectivity index (χ0n) is 20.9. The Hall–Kier alpha value is -3.98. The van der Waals surface area contributed by atoms with E-state index in [1.165, 1.54) is 38.0 Å². The van der Waals surface area contributed by atoms with E-state index in [9.17, 15) is 14.4 Å². The molecule has 2 heterocycles. The molecule has 0 spiro atoms. The number of hydrogen-bond donors (Lipinski definition) is 2. The third-order valence-electron chi connectivity index (χ3n) is 6.55. The van der Waals surface area contributed by atoms with Gasteiger partial charge in [0.2, 0.25) is 0 Å². The summed E-state index contributed by atoms with van der Waals surface area (Å²) in [5.74, 6) is -1.50. The Balaban J connectivity index is 1.74. The summed E-state index contributed by atoms with van der Waals surface area (Å²) >= 11 is 0. The number of piperidine rings is 1. The maximum Gasteiger partial charge on any atom is 0.337 e. The first-order valence-corrected chi connectivity index (χ1v) is 11.8. The van der Waals surface area contributed by atoms with E-state index < -0.39 is 11.9 Å². The molecule has 1 fully saturated rings. The molecule has 0 aliphatic carbocycles. The van der Waals surface area contributed by atoms with Gasteiger partial charge in [-0.15, -0.1) is 0 Å². The standard InChI is InChI=1S/C27H30N4O5/c1-16-5-6-22(11-17(16)2)31-24(18-7-9-28-10-8-18)23(15-29-31)25(32)30-21-13-19(26(33)35-3)12-20(14-21)27(34)36-4/h5-6,11-15,18,28H,7-10H2,1-4H3,(H,30,32). The van der Waals surface area contributed by atoms with Crippen molar-refractivity contribution < 1.29 is 23.9 Å². The molecule has 0 atom stereocenters. The minimum Gasteiger partial charge on any atom is -0.465 e. The number of anilines is 1. The highest BCUT2D eigenvalue weighted by Gasteiger charge is 2.27. The number of esters is 2. The normalized spacial score (nSPS) is 13.8. The summed E-state index contributed by atoms with van der Waals surface area (Å²) in [6, 6.07) is 10.4. The predicted molar refractivity (Wildman–Crippen MR) is 135 cm³/mol. The first kappa shape index (κ1) is 25.1. The molecule has 1 aliphatic heterocycles. The van der Waals surface area contributed by atoms with E-state index in [2.05, 4.69) is 28.7 Å². The molecule has 9 heteroatoms. The molecule has 36 heavy (non-hydrogen) atoms. The number of amides is 1. The molecular formula is C27H30N4O5. The smallest absolute Gasteiger partial charge is 0.337 e. The van der Waals surface area contributed by atoms with Crippen LogP contribution in [0.1, 0.15) is 66.7 Å². The molecule has 0 bridgehead atoms. The van der Waals surface area contributed by atoms with Gasteiger partial charge in [0.1, 0.15) is 0 Å². The number of nitrogens with one attached hydrogen (secondary N) is 2. The van der Waals surface area contributed by atoms with Crippen LogP contribution in [0, 0.1) is 13.8 Å². The largest absolute Gasteiger partial charge is 0.465 e. The van der Waals surface area contributed by atoms with Crippen molar-refractivity contribution in [3.8, 4) is 5.69 Å². The van der Waals surface area contributed by atoms with Crippen molar-refractivity contribution in [2.75, 3.05) is 32.6 Å². The molecule has 3 aromatic rings. The minimum absolute atomic E-state index is 0.125. The summed E-state index contributed by atoms with van der Waals surface area (Å²) in [4.78, 5) is 37.8. The van der Waals surface area contributed by atoms with Gasteiger partial charge in [-0.1, -0.05) is 6.07 Å². The highest BCUT2D eigenvalue weighted by molar-refractivity contribution is 6.06. The maximum atomic E-state index is 13.5. The number of rotatable bonds is 6. The van der Waals surface area contributed by atoms with Gasteiger partial charge in [0, 0.05) is 11.6 Å². The fraction of sp³-hybridized carbons (Fsp3) is 0.333. The van der Waals surface area contributed by atoms with Crippen LogP contribution in [0.2, 0.25) is 0 Å². The van der Waals surface area contributed by atoms with Crippen molar-refractivity contribution in [1.82, 2.24) is 15.1 Å². The van der Waals surface area contributed by atoms with Crippen LogP contribution in [0.5, 0.6) is 0 Å². The van der Waals surface area contributed by atoms with Gasteiger partial charge in [-0.2, -0.15) is 5.10 Å². The number of hydrogen-bond acceptors (Lipinski definition) is 7. The summed E-state index contributed by atoms with van der Waals surface area (Å²) in [7, 11) is 2.50. The van der Waals surface area contributed by atoms with E-state index in [4.69, 9.17) is 9.47 Å². The van der Waals surface area contributed by atoms with Gasteiger partial charge in [0.25, 0.3) is 5.91 Å². The van der Waals surface area contributed by atoms with Crippen molar-refractivity contribution in [2.24, 2.45) is 0 Å². The molecule has 2 aromatic carbocycles. The van der Waals surface area contributed by atoms with Crippen LogP contribution in [0.4, 0.5) is 5.69 Å². The Labute approximate surface area is 209 Å². The lowest BCUT2D eigenvalue weighted by Gasteiger charge is -2.25. The number of carbonyl (C=O) groups excluding carboxylic acids is 3. The van der Waals surface area contributed by atoms with Gasteiger partial charge in [-0.25, -0.2) is 14.3 Å². The number of methoxy groups -OCH3 is 2. The summed E-state index contributed by atoms with van der Waals surface area (Å²) in [5, 5.41) is 10.8. The number of aryl methyl sites for hydroxylation is 2. The number of nitrogens with zero attached hydrogens (tertiary/aromatic N) is 2. The zero-order valence-corrected chi connectivity index (χ0v) is 20.9. The van der Waals surface area contributed by atoms with Crippen molar-refractivity contribution in [2.45, 2.75) is 32.6 Å². The van der Waals surface area contributed by atoms with Crippen LogP contribution in [-0.4, -0.2) is 54.9 Å². The Morgan fingerprint density at radius 1 is 0.944 bits per heavy atom. The van der Waals surface area contributed by atoms with Crippen molar-refractivity contribution in [1.29, 1.82) is 0 Å². The summed E-state index contributed by atoms with van der Waals surface area (Å²) in [6.07, 6.45) is 3.33. The predicted octanol–water partition coefficient (Wildman–Crippen LogP) is 3.78. The monoisotopic (exact) mass is 490 g/mol. The van der Waals surface area contributed by atoms with E-state index in [-0.39, 0.29) is 28.6 Å². The molecule has 1 saturated heterocycles. The fourth-order valence-corrected chi connectivity index (χ4v) is 4.45. The van der Waals surface area contributed by atoms with Crippen molar-refractivity contribution in [3.05, 3.63) is 76.1 Å². The Morgan fingerprint density at radius 3 is 2.17 bits per heavy atom. The Bertz CT molecular complexity index is 1270. The second-order valence-electron chi connectivity index (χ2n) is 8.88. The van der Waals surface area contributed by atoms with E-state index in [1.54, 1.807) is 6.20 Å². The fourth-order valence-electron chi connectivity index (χ4n) is 4.45. The third-order valence-corrected chi connectivity index (χ3v) is 6.55. The summed E-state index contributed by atoms with van der Waals surface area (Å²) in [6.45, 7) is 5.81. The summed E-state index contributed by atoms with van der Waals surface area (Å²) in [5.41, 5.74) is 5.03. The second kappa shape index (κ2) is 10.7. The molecular weight excluding hydrogens is 460 g/mol. The van der Waals surface area contributed by atoms with Crippen molar-refractivity contribution >= 4 is 23.5 Å². The third kappa shape index (κ3) is 5.16. The van der Waals surface area contributed by atoms with Crippen LogP contribution in [0.15, 0.2) is 42.6 Å². The van der Waals surface area contributed by atoms with Gasteiger partial charge in [0.15, 0.2) is 0 Å². The SMILES string of the molecule is COC(=O)c1cc(NC(=O)c2cnn(-c3ccc(C)c(C)c3)c2C2CCNCC2)cc(C(=O)OC)c1. The molecule has 188 valence electrons. The molecule has 4 rings (SSSR count). The molecule has 9 nitrogen and oxygen atoms in total. The van der Waals surface area contributed by atoms with Crippen LogP contribution >= 0.6 is 0 Å². The number of aromatic nitrogens is 2. The number of benzene rings is 2. The average Bonchev–Trinajstić information content (AvgIpc) is 3.35. The maximum absolute atomic E-state index is 13.5. The number of ether oxygens (including phenoxy) is 2. The van der Waals surface area contributed by atoms with Gasteiger partial charge in [-0.05, 0) is 81.2 Å². The van der Waals surface area contributed by atoms with Crippen molar-refractivity contribution in [3.63, 3.8) is 0 Å². The van der Waals surface area contributed by atoms with E-state index in [0.29, 0.717) is 5.56 Å². The Morgan fingerprint density at radius 2 is 1.58 bits per heavy atom. The molecule has 2 N–H and O–H groups in total. The lowest BCUT2D eigenvalue weighted by atomic mass is 9.91. The lowest BCUT2D eigenvalue weighted by Crippen LogP contribution is -2.29. The average molecular weight is 491 g/mol. The molecule has 0 saturated carbocycles. The highest BCUT2D eigenvalue weighted by Crippen LogP contribution is 2.31. The lowest BCUT2D eigenvalue weighted by molar-refractivity contribution is 0.0599. The topological polar surface area (TPSA) is 112 Å².